The van der Waals surface area contributed by atoms with Crippen molar-refractivity contribution in [2.75, 3.05) is 0 Å². The number of unbranched alkanes of at least 4 members (excludes halogenated alkanes) is 16. The molecule has 0 bridgehead atoms. The van der Waals surface area contributed by atoms with Crippen LogP contribution < -0.4 is 5.73 Å². The van der Waals surface area contributed by atoms with Crippen molar-refractivity contribution >= 4 is 0 Å². The molecule has 0 fully saturated rings. The van der Waals surface area contributed by atoms with Crippen molar-refractivity contribution in [2.24, 2.45) is 5.73 Å². The van der Waals surface area contributed by atoms with Crippen molar-refractivity contribution in [3.05, 3.63) is 12.3 Å². The summed E-state index contributed by atoms with van der Waals surface area (Å²) in [6.07, 6.45) is 27.9. The second-order valence-corrected chi connectivity index (χ2v) is 6.52. The normalized spacial score (nSPS) is 11.5. The minimum Gasteiger partial charge on any atom is -0.405 e. The van der Waals surface area contributed by atoms with Crippen LogP contribution in [0.2, 0.25) is 0 Å². The molecule has 0 unspecified atom stereocenters. The van der Waals surface area contributed by atoms with Crippen molar-refractivity contribution in [1.29, 1.82) is 0 Å². The molecule has 0 radical (unpaired) electrons. The van der Waals surface area contributed by atoms with Crippen LogP contribution in [0.3, 0.4) is 0 Å². The van der Waals surface area contributed by atoms with Gasteiger partial charge in [-0.15, -0.1) is 0 Å². The summed E-state index contributed by atoms with van der Waals surface area (Å²) in [5, 5.41) is 0. The van der Waals surface area contributed by atoms with Gasteiger partial charge in [0, 0.05) is 0 Å². The van der Waals surface area contributed by atoms with Gasteiger partial charge < -0.3 is 5.73 Å². The average molecular weight is 296 g/mol. The third kappa shape index (κ3) is 19.5. The highest BCUT2D eigenvalue weighted by Gasteiger charge is 1.94. The summed E-state index contributed by atoms with van der Waals surface area (Å²) < 4.78 is 0. The molecule has 0 aliphatic rings. The molecule has 0 heterocycles. The van der Waals surface area contributed by atoms with Gasteiger partial charge in [-0.3, -0.25) is 0 Å². The Morgan fingerprint density at radius 2 is 0.857 bits per heavy atom. The summed E-state index contributed by atoms with van der Waals surface area (Å²) >= 11 is 0. The van der Waals surface area contributed by atoms with E-state index < -0.39 is 0 Å². The lowest BCUT2D eigenvalue weighted by Crippen LogP contribution is -1.83. The van der Waals surface area contributed by atoms with Crippen molar-refractivity contribution < 1.29 is 0 Å². The fourth-order valence-corrected chi connectivity index (χ4v) is 2.91. The lowest BCUT2D eigenvalue weighted by atomic mass is 10.0. The Bertz CT molecular complexity index is 198. The fourth-order valence-electron chi connectivity index (χ4n) is 2.91. The molecule has 0 aliphatic carbocycles. The molecule has 0 aromatic rings. The van der Waals surface area contributed by atoms with E-state index in [2.05, 4.69) is 13.0 Å². The molecule has 126 valence electrons. The van der Waals surface area contributed by atoms with Gasteiger partial charge in [-0.2, -0.15) is 0 Å². The van der Waals surface area contributed by atoms with E-state index in [0.717, 1.165) is 6.42 Å². The van der Waals surface area contributed by atoms with Gasteiger partial charge in [0.25, 0.3) is 0 Å². The quantitative estimate of drug-likeness (QED) is 0.284. The van der Waals surface area contributed by atoms with Gasteiger partial charge in [0.2, 0.25) is 0 Å². The van der Waals surface area contributed by atoms with Crippen LogP contribution in [-0.4, -0.2) is 0 Å². The molecule has 0 amide bonds. The first-order chi connectivity index (χ1) is 10.4. The maximum absolute atomic E-state index is 5.31. The smallest absolute Gasteiger partial charge is 0.0103 e. The van der Waals surface area contributed by atoms with Crippen LogP contribution in [-0.2, 0) is 0 Å². The zero-order chi connectivity index (χ0) is 15.4. The number of hydrogen-bond acceptors (Lipinski definition) is 1. The van der Waals surface area contributed by atoms with E-state index in [1.807, 2.05) is 0 Å². The minimum absolute atomic E-state index is 1.16. The number of nitrogens with two attached hydrogens (primary N) is 1. The molecule has 1 nitrogen and oxygen atoms in total. The highest BCUT2D eigenvalue weighted by Crippen LogP contribution is 2.13. The van der Waals surface area contributed by atoms with Crippen LogP contribution in [0.25, 0.3) is 0 Å². The zero-order valence-electron chi connectivity index (χ0n) is 14.8. The van der Waals surface area contributed by atoms with Crippen LogP contribution in [0.5, 0.6) is 0 Å². The Hall–Kier alpha value is -0.460. The monoisotopic (exact) mass is 295 g/mol. The first-order valence-corrected chi connectivity index (χ1v) is 9.78. The van der Waals surface area contributed by atoms with Crippen LogP contribution in [0.15, 0.2) is 12.3 Å². The van der Waals surface area contributed by atoms with Crippen LogP contribution in [0.4, 0.5) is 0 Å². The fraction of sp³-hybridized carbons (Fsp3) is 0.900. The van der Waals surface area contributed by atoms with E-state index in [-0.39, 0.29) is 0 Å². The van der Waals surface area contributed by atoms with E-state index in [4.69, 9.17) is 5.73 Å². The van der Waals surface area contributed by atoms with E-state index in [9.17, 15) is 0 Å². The van der Waals surface area contributed by atoms with Gasteiger partial charge >= 0.3 is 0 Å². The molecule has 21 heavy (non-hydrogen) atoms. The summed E-state index contributed by atoms with van der Waals surface area (Å²) in [7, 11) is 0. The third-order valence-corrected chi connectivity index (χ3v) is 4.36. The summed E-state index contributed by atoms with van der Waals surface area (Å²) in [5.41, 5.74) is 5.31. The first kappa shape index (κ1) is 20.5. The van der Waals surface area contributed by atoms with Gasteiger partial charge in [-0.25, -0.2) is 0 Å². The van der Waals surface area contributed by atoms with E-state index in [0.29, 0.717) is 0 Å². The topological polar surface area (TPSA) is 26.0 Å². The van der Waals surface area contributed by atoms with E-state index >= 15 is 0 Å². The molecular weight excluding hydrogens is 254 g/mol. The molecular formula is C20H41N. The first-order valence-electron chi connectivity index (χ1n) is 9.78. The zero-order valence-corrected chi connectivity index (χ0v) is 14.8. The van der Waals surface area contributed by atoms with E-state index in [1.165, 1.54) is 103 Å². The van der Waals surface area contributed by atoms with Gasteiger partial charge in [0.15, 0.2) is 0 Å². The molecule has 2 N–H and O–H groups in total. The highest BCUT2D eigenvalue weighted by atomic mass is 14.5. The Balaban J connectivity index is 2.93. The van der Waals surface area contributed by atoms with Crippen molar-refractivity contribution in [2.45, 2.75) is 116 Å². The summed E-state index contributed by atoms with van der Waals surface area (Å²) in [5.74, 6) is 0. The molecule has 0 rings (SSSR count). The molecule has 0 atom stereocenters. The third-order valence-electron chi connectivity index (χ3n) is 4.36. The minimum atomic E-state index is 1.16. The van der Waals surface area contributed by atoms with Gasteiger partial charge in [-0.1, -0.05) is 109 Å². The highest BCUT2D eigenvalue weighted by molar-refractivity contribution is 4.74. The summed E-state index contributed by atoms with van der Waals surface area (Å²) in [6.45, 7) is 2.29. The SMILES string of the molecule is CCCCCCCCCCCCCCCCCCC=CN. The predicted molar refractivity (Wildman–Crippen MR) is 97.5 cm³/mol. The van der Waals surface area contributed by atoms with E-state index in [1.54, 1.807) is 6.20 Å². The predicted octanol–water partition coefficient (Wildman–Crippen LogP) is 7.11. The molecule has 0 aliphatic heterocycles. The molecule has 1 heteroatoms. The molecule has 0 aromatic heterocycles. The second-order valence-electron chi connectivity index (χ2n) is 6.52. The van der Waals surface area contributed by atoms with Crippen molar-refractivity contribution in [3.8, 4) is 0 Å². The largest absolute Gasteiger partial charge is 0.405 e. The average Bonchev–Trinajstić information content (AvgIpc) is 2.50. The number of hydrogen-bond donors (Lipinski definition) is 1. The molecule has 0 saturated heterocycles. The standard InChI is InChI=1S/C20H41N/c1-2-3-4-5-6-7-8-9-10-11-12-13-14-15-16-17-18-19-20-21/h19-20H,2-18,21H2,1H3. The Kier molecular flexibility index (Phi) is 19.1. The van der Waals surface area contributed by atoms with Gasteiger partial charge in [0.05, 0.1) is 0 Å². The van der Waals surface area contributed by atoms with Gasteiger partial charge in [0.1, 0.15) is 0 Å². The number of allylic oxidation sites excluding steroid dienone is 1. The second kappa shape index (κ2) is 19.5. The number of rotatable bonds is 17. The lowest BCUT2D eigenvalue weighted by Gasteiger charge is -2.03. The maximum atomic E-state index is 5.31. The Morgan fingerprint density at radius 3 is 1.19 bits per heavy atom. The summed E-state index contributed by atoms with van der Waals surface area (Å²) in [4.78, 5) is 0. The van der Waals surface area contributed by atoms with Crippen LogP contribution >= 0.6 is 0 Å². The maximum Gasteiger partial charge on any atom is -0.0103 e. The van der Waals surface area contributed by atoms with Crippen LogP contribution in [0, 0.1) is 0 Å². The molecule has 0 aromatic carbocycles. The van der Waals surface area contributed by atoms with Gasteiger partial charge in [-0.05, 0) is 19.0 Å². The molecule has 0 saturated carbocycles. The Labute approximate surface area is 134 Å². The molecule has 0 spiro atoms. The Morgan fingerprint density at radius 1 is 0.524 bits per heavy atom. The van der Waals surface area contributed by atoms with Crippen LogP contribution in [0.1, 0.15) is 116 Å². The van der Waals surface area contributed by atoms with Crippen molar-refractivity contribution in [3.63, 3.8) is 0 Å². The summed E-state index contributed by atoms with van der Waals surface area (Å²) in [6, 6.07) is 0. The van der Waals surface area contributed by atoms with Crippen molar-refractivity contribution in [1.82, 2.24) is 0 Å². The lowest BCUT2D eigenvalue weighted by molar-refractivity contribution is 0.530.